The minimum absolute atomic E-state index is 0.0969. The first-order valence-corrected chi connectivity index (χ1v) is 8.29. The molecule has 7 nitrogen and oxygen atoms in total. The van der Waals surface area contributed by atoms with Crippen molar-refractivity contribution in [3.63, 3.8) is 0 Å². The summed E-state index contributed by atoms with van der Waals surface area (Å²) in [7, 11) is 1.56. The number of methoxy groups -OCH3 is 1. The second-order valence-electron chi connectivity index (χ2n) is 6.13. The van der Waals surface area contributed by atoms with Gasteiger partial charge < -0.3 is 24.4 Å². The highest BCUT2D eigenvalue weighted by molar-refractivity contribution is 6.04. The first-order chi connectivity index (χ1) is 12.7. The maximum absolute atomic E-state index is 12.6. The van der Waals surface area contributed by atoms with E-state index in [-0.39, 0.29) is 25.0 Å². The van der Waals surface area contributed by atoms with Crippen LogP contribution in [0.2, 0.25) is 0 Å². The lowest BCUT2D eigenvalue weighted by Gasteiger charge is -2.19. The molecule has 2 aromatic carbocycles. The number of fused-ring (bicyclic) bond motifs is 1. The normalized spacial score (nSPS) is 18.1. The fourth-order valence-electron chi connectivity index (χ4n) is 3.19. The van der Waals surface area contributed by atoms with Crippen LogP contribution in [0.1, 0.15) is 6.42 Å². The van der Waals surface area contributed by atoms with Gasteiger partial charge in [0.2, 0.25) is 18.6 Å². The van der Waals surface area contributed by atoms with Gasteiger partial charge in [0.25, 0.3) is 0 Å². The second kappa shape index (κ2) is 6.59. The molecule has 1 unspecified atom stereocenters. The molecule has 26 heavy (non-hydrogen) atoms. The van der Waals surface area contributed by atoms with E-state index in [1.165, 1.54) is 0 Å². The second-order valence-corrected chi connectivity index (χ2v) is 6.13. The maximum atomic E-state index is 12.6. The van der Waals surface area contributed by atoms with E-state index < -0.39 is 5.92 Å². The minimum atomic E-state index is -0.433. The van der Waals surface area contributed by atoms with Gasteiger partial charge in [-0.15, -0.1) is 0 Å². The lowest BCUT2D eigenvalue weighted by Crippen LogP contribution is -2.28. The molecule has 1 atom stereocenters. The number of carbonyl (C=O) groups excluding carboxylic acids is 2. The molecule has 1 fully saturated rings. The van der Waals surface area contributed by atoms with E-state index in [0.29, 0.717) is 35.2 Å². The number of benzene rings is 2. The van der Waals surface area contributed by atoms with Crippen molar-refractivity contribution in [1.82, 2.24) is 0 Å². The maximum Gasteiger partial charge on any atom is 0.231 e. The van der Waals surface area contributed by atoms with Crippen LogP contribution in [0.25, 0.3) is 0 Å². The molecule has 2 aliphatic heterocycles. The molecule has 2 aromatic rings. The Balaban J connectivity index is 1.47. The van der Waals surface area contributed by atoms with E-state index in [1.54, 1.807) is 36.3 Å². The van der Waals surface area contributed by atoms with Crippen molar-refractivity contribution in [2.45, 2.75) is 6.42 Å². The molecule has 0 spiro atoms. The van der Waals surface area contributed by atoms with Crippen LogP contribution in [-0.2, 0) is 9.59 Å². The van der Waals surface area contributed by atoms with Crippen LogP contribution in [0.15, 0.2) is 42.5 Å². The number of hydrogen-bond donors (Lipinski definition) is 1. The molecule has 0 radical (unpaired) electrons. The molecule has 1 saturated heterocycles. The summed E-state index contributed by atoms with van der Waals surface area (Å²) in [5.74, 6) is 1.13. The first kappa shape index (κ1) is 16.3. The molecular formula is C19H18N2O5. The number of amides is 2. The molecule has 2 amide bonds. The predicted molar refractivity (Wildman–Crippen MR) is 94.6 cm³/mol. The third kappa shape index (κ3) is 2.92. The summed E-state index contributed by atoms with van der Waals surface area (Å²) in [6, 6.07) is 12.5. The highest BCUT2D eigenvalue weighted by Crippen LogP contribution is 2.35. The zero-order chi connectivity index (χ0) is 18.1. The highest BCUT2D eigenvalue weighted by Gasteiger charge is 2.36. The predicted octanol–water partition coefficient (Wildman–Crippen LogP) is 2.42. The van der Waals surface area contributed by atoms with E-state index in [9.17, 15) is 9.59 Å². The Kier molecular flexibility index (Phi) is 4.12. The van der Waals surface area contributed by atoms with Crippen molar-refractivity contribution in [3.8, 4) is 17.2 Å². The van der Waals surface area contributed by atoms with Crippen molar-refractivity contribution in [1.29, 1.82) is 0 Å². The summed E-state index contributed by atoms with van der Waals surface area (Å²) in [6.45, 7) is 0.493. The smallest absolute Gasteiger partial charge is 0.231 e. The Hall–Kier alpha value is -3.22. The van der Waals surface area contributed by atoms with Crippen molar-refractivity contribution in [3.05, 3.63) is 42.5 Å². The van der Waals surface area contributed by atoms with Crippen LogP contribution in [0.3, 0.4) is 0 Å². The molecule has 0 saturated carbocycles. The number of hydrogen-bond acceptors (Lipinski definition) is 5. The van der Waals surface area contributed by atoms with Gasteiger partial charge in [-0.3, -0.25) is 9.59 Å². The largest absolute Gasteiger partial charge is 0.495 e. The Morgan fingerprint density at radius 2 is 2.00 bits per heavy atom. The molecule has 1 N–H and O–H groups in total. The SMILES string of the molecule is COc1ccccc1N1CC(C(=O)Nc2ccc3c(c2)OCO3)CC1=O. The van der Waals surface area contributed by atoms with Gasteiger partial charge in [0, 0.05) is 24.7 Å². The van der Waals surface area contributed by atoms with E-state index in [2.05, 4.69) is 5.32 Å². The quantitative estimate of drug-likeness (QED) is 0.912. The topological polar surface area (TPSA) is 77.1 Å². The van der Waals surface area contributed by atoms with Crippen LogP contribution in [-0.4, -0.2) is 32.3 Å². The number of carbonyl (C=O) groups is 2. The molecule has 7 heteroatoms. The lowest BCUT2D eigenvalue weighted by molar-refractivity contribution is -0.122. The van der Waals surface area contributed by atoms with Crippen LogP contribution < -0.4 is 24.4 Å². The Labute approximate surface area is 150 Å². The summed E-state index contributed by atoms with van der Waals surface area (Å²) in [6.07, 6.45) is 0.161. The van der Waals surface area contributed by atoms with Gasteiger partial charge in [-0.1, -0.05) is 12.1 Å². The number of ether oxygens (including phenoxy) is 3. The van der Waals surface area contributed by atoms with Crippen molar-refractivity contribution in [2.75, 3.05) is 30.7 Å². The third-order valence-electron chi connectivity index (χ3n) is 4.51. The van der Waals surface area contributed by atoms with Crippen LogP contribution in [0.5, 0.6) is 17.2 Å². The zero-order valence-corrected chi connectivity index (χ0v) is 14.2. The average Bonchev–Trinajstić information content (AvgIpc) is 3.27. The van der Waals surface area contributed by atoms with Crippen LogP contribution >= 0.6 is 0 Å². The highest BCUT2D eigenvalue weighted by atomic mass is 16.7. The van der Waals surface area contributed by atoms with Gasteiger partial charge in [-0.25, -0.2) is 0 Å². The summed E-state index contributed by atoms with van der Waals surface area (Å²) < 4.78 is 15.9. The fourth-order valence-corrected chi connectivity index (χ4v) is 3.19. The van der Waals surface area contributed by atoms with Crippen molar-refractivity contribution < 1.29 is 23.8 Å². The number of nitrogens with zero attached hydrogens (tertiary/aromatic N) is 1. The van der Waals surface area contributed by atoms with Crippen LogP contribution in [0, 0.1) is 5.92 Å². The van der Waals surface area contributed by atoms with Crippen molar-refractivity contribution >= 4 is 23.2 Å². The van der Waals surface area contributed by atoms with Gasteiger partial charge in [0.15, 0.2) is 11.5 Å². The lowest BCUT2D eigenvalue weighted by atomic mass is 10.1. The number of nitrogens with one attached hydrogen (secondary N) is 1. The van der Waals surface area contributed by atoms with Gasteiger partial charge in [-0.2, -0.15) is 0 Å². The molecule has 0 aromatic heterocycles. The molecule has 0 bridgehead atoms. The fraction of sp³-hybridized carbons (Fsp3) is 0.263. The zero-order valence-electron chi connectivity index (χ0n) is 14.2. The number of rotatable bonds is 4. The molecule has 4 rings (SSSR count). The molecule has 0 aliphatic carbocycles. The molecule has 2 heterocycles. The van der Waals surface area contributed by atoms with E-state index in [0.717, 1.165) is 0 Å². The third-order valence-corrected chi connectivity index (χ3v) is 4.51. The van der Waals surface area contributed by atoms with E-state index >= 15 is 0 Å². The first-order valence-electron chi connectivity index (χ1n) is 8.29. The van der Waals surface area contributed by atoms with Gasteiger partial charge >= 0.3 is 0 Å². The van der Waals surface area contributed by atoms with Crippen molar-refractivity contribution in [2.24, 2.45) is 5.92 Å². The summed E-state index contributed by atoms with van der Waals surface area (Å²) in [5, 5.41) is 2.85. The summed E-state index contributed by atoms with van der Waals surface area (Å²) >= 11 is 0. The Morgan fingerprint density at radius 1 is 1.19 bits per heavy atom. The summed E-state index contributed by atoms with van der Waals surface area (Å²) in [5.41, 5.74) is 1.29. The molecule has 134 valence electrons. The minimum Gasteiger partial charge on any atom is -0.495 e. The van der Waals surface area contributed by atoms with Crippen LogP contribution in [0.4, 0.5) is 11.4 Å². The number of para-hydroxylation sites is 2. The molecular weight excluding hydrogens is 336 g/mol. The Morgan fingerprint density at radius 3 is 2.85 bits per heavy atom. The standard InChI is InChI=1S/C19H18N2O5/c1-24-15-5-3-2-4-14(15)21-10-12(8-18(21)22)19(23)20-13-6-7-16-17(9-13)26-11-25-16/h2-7,9,12H,8,10-11H2,1H3,(H,20,23). The Bertz CT molecular complexity index is 867. The number of anilines is 2. The molecule has 2 aliphatic rings. The summed E-state index contributed by atoms with van der Waals surface area (Å²) in [4.78, 5) is 26.6. The average molecular weight is 354 g/mol. The monoisotopic (exact) mass is 354 g/mol. The van der Waals surface area contributed by atoms with E-state index in [4.69, 9.17) is 14.2 Å². The van der Waals surface area contributed by atoms with Gasteiger partial charge in [0.1, 0.15) is 5.75 Å². The van der Waals surface area contributed by atoms with Gasteiger partial charge in [0.05, 0.1) is 18.7 Å². The van der Waals surface area contributed by atoms with Gasteiger partial charge in [-0.05, 0) is 24.3 Å². The van der Waals surface area contributed by atoms with E-state index in [1.807, 2.05) is 18.2 Å².